The Morgan fingerprint density at radius 3 is 1.79 bits per heavy atom. The lowest BCUT2D eigenvalue weighted by Gasteiger charge is -2.20. The fraction of sp³-hybridized carbons (Fsp3) is 0.217. The molecule has 1 aliphatic rings. The molecule has 0 fully saturated rings. The quantitative estimate of drug-likeness (QED) is 0.345. The molecule has 0 heterocycles. The third kappa shape index (κ3) is 4.78. The Balaban J connectivity index is 1.64. The van der Waals surface area contributed by atoms with Gasteiger partial charge in [0.2, 0.25) is 5.75 Å². The van der Waals surface area contributed by atoms with Crippen molar-refractivity contribution in [1.82, 2.24) is 0 Å². The zero-order valence-electron chi connectivity index (χ0n) is 16.9. The van der Waals surface area contributed by atoms with Crippen LogP contribution in [0.2, 0.25) is 0 Å². The minimum absolute atomic E-state index is 0.0185. The number of fused-ring (bicyclic) bond motifs is 1. The van der Waals surface area contributed by atoms with Crippen molar-refractivity contribution in [3.05, 3.63) is 82.4 Å². The highest BCUT2D eigenvalue weighted by Crippen LogP contribution is 2.39. The van der Waals surface area contributed by atoms with Crippen LogP contribution < -0.4 is 9.47 Å². The van der Waals surface area contributed by atoms with E-state index in [1.54, 1.807) is 18.2 Å². The first kappa shape index (κ1) is 23.8. The second kappa shape index (κ2) is 8.44. The van der Waals surface area contributed by atoms with Gasteiger partial charge in [-0.25, -0.2) is 17.6 Å². The second-order valence-electron chi connectivity index (χ2n) is 7.53. The standard InChI is InChI=1S/C23H13F9O2/c24-16-7-14(13-5-4-11-2-1-3-12(11)6-13)8-17(25)20(16)22(28,29)33-15-9-18(26)21(19(27)10-15)34-23(30,31)32/h4-10H,1-3H2. The molecule has 0 unspecified atom stereocenters. The van der Waals surface area contributed by atoms with E-state index in [0.29, 0.717) is 17.7 Å². The molecule has 0 N–H and O–H groups in total. The number of halogens is 9. The van der Waals surface area contributed by atoms with Gasteiger partial charge in [0.05, 0.1) is 0 Å². The minimum atomic E-state index is -5.46. The molecule has 0 saturated heterocycles. The van der Waals surface area contributed by atoms with Gasteiger partial charge in [-0.05, 0) is 53.6 Å². The number of rotatable bonds is 5. The number of aryl methyl sites for hydroxylation is 2. The average molecular weight is 492 g/mol. The summed E-state index contributed by atoms with van der Waals surface area (Å²) in [6, 6.07) is 6.35. The lowest BCUT2D eigenvalue weighted by atomic mass is 9.98. The third-order valence-electron chi connectivity index (χ3n) is 5.20. The fourth-order valence-electron chi connectivity index (χ4n) is 3.78. The van der Waals surface area contributed by atoms with Gasteiger partial charge in [0.1, 0.15) is 22.9 Å². The molecule has 0 saturated carbocycles. The Morgan fingerprint density at radius 1 is 0.618 bits per heavy atom. The molecule has 3 aromatic rings. The van der Waals surface area contributed by atoms with Crippen LogP contribution in [0.3, 0.4) is 0 Å². The van der Waals surface area contributed by atoms with Crippen molar-refractivity contribution in [3.8, 4) is 22.6 Å². The fourth-order valence-corrected chi connectivity index (χ4v) is 3.78. The van der Waals surface area contributed by atoms with Crippen LogP contribution >= 0.6 is 0 Å². The first-order chi connectivity index (χ1) is 15.8. The molecule has 0 spiro atoms. The summed E-state index contributed by atoms with van der Waals surface area (Å²) < 4.78 is 130. The summed E-state index contributed by atoms with van der Waals surface area (Å²) in [5, 5.41) is 0. The van der Waals surface area contributed by atoms with Crippen molar-refractivity contribution in [2.75, 3.05) is 0 Å². The predicted molar refractivity (Wildman–Crippen MR) is 101 cm³/mol. The van der Waals surface area contributed by atoms with Gasteiger partial charge in [-0.1, -0.05) is 18.2 Å². The molecule has 0 amide bonds. The number of benzene rings is 3. The summed E-state index contributed by atoms with van der Waals surface area (Å²) in [7, 11) is 0. The van der Waals surface area contributed by atoms with Gasteiger partial charge in [0.15, 0.2) is 11.6 Å². The summed E-state index contributed by atoms with van der Waals surface area (Å²) in [4.78, 5) is 0. The van der Waals surface area contributed by atoms with E-state index in [9.17, 15) is 39.5 Å². The van der Waals surface area contributed by atoms with Crippen molar-refractivity contribution in [1.29, 1.82) is 0 Å². The van der Waals surface area contributed by atoms with Crippen LogP contribution in [-0.2, 0) is 19.0 Å². The van der Waals surface area contributed by atoms with Crippen LogP contribution in [0.15, 0.2) is 42.5 Å². The van der Waals surface area contributed by atoms with E-state index in [4.69, 9.17) is 0 Å². The molecule has 2 nitrogen and oxygen atoms in total. The highest BCUT2D eigenvalue weighted by Gasteiger charge is 2.42. The molecule has 11 heteroatoms. The summed E-state index contributed by atoms with van der Waals surface area (Å²) in [5.41, 5.74) is 0.618. The smallest absolute Gasteiger partial charge is 0.429 e. The maximum atomic E-state index is 14.6. The molecule has 0 aliphatic heterocycles. The van der Waals surface area contributed by atoms with Crippen molar-refractivity contribution in [2.45, 2.75) is 31.7 Å². The summed E-state index contributed by atoms with van der Waals surface area (Å²) in [6.45, 7) is 0. The summed E-state index contributed by atoms with van der Waals surface area (Å²) in [5.74, 6) is -10.7. The van der Waals surface area contributed by atoms with E-state index in [-0.39, 0.29) is 17.7 Å². The molecule has 4 rings (SSSR count). The third-order valence-corrected chi connectivity index (χ3v) is 5.20. The van der Waals surface area contributed by atoms with E-state index in [0.717, 1.165) is 30.4 Å². The number of alkyl halides is 5. The molecule has 180 valence electrons. The Labute approximate surface area is 186 Å². The van der Waals surface area contributed by atoms with Crippen LogP contribution in [0, 0.1) is 23.3 Å². The first-order valence-corrected chi connectivity index (χ1v) is 9.77. The predicted octanol–water partition coefficient (Wildman–Crippen LogP) is 7.43. The van der Waals surface area contributed by atoms with Crippen LogP contribution in [0.25, 0.3) is 11.1 Å². The zero-order valence-corrected chi connectivity index (χ0v) is 16.9. The maximum Gasteiger partial charge on any atom is 0.573 e. The van der Waals surface area contributed by atoms with E-state index < -0.39 is 52.8 Å². The molecular formula is C23H13F9O2. The van der Waals surface area contributed by atoms with Gasteiger partial charge in [0, 0.05) is 12.1 Å². The van der Waals surface area contributed by atoms with E-state index in [1.165, 1.54) is 0 Å². The molecular weight excluding hydrogens is 479 g/mol. The van der Waals surface area contributed by atoms with Crippen molar-refractivity contribution in [3.63, 3.8) is 0 Å². The molecule has 0 radical (unpaired) electrons. The van der Waals surface area contributed by atoms with Gasteiger partial charge in [-0.2, -0.15) is 8.78 Å². The minimum Gasteiger partial charge on any atom is -0.429 e. The van der Waals surface area contributed by atoms with E-state index in [1.807, 2.05) is 0 Å². The normalized spacial score (nSPS) is 13.7. The highest BCUT2D eigenvalue weighted by molar-refractivity contribution is 5.66. The Hall–Kier alpha value is -3.37. The van der Waals surface area contributed by atoms with Gasteiger partial charge in [0.25, 0.3) is 0 Å². The van der Waals surface area contributed by atoms with E-state index in [2.05, 4.69) is 9.47 Å². The van der Waals surface area contributed by atoms with Gasteiger partial charge >= 0.3 is 12.5 Å². The number of ether oxygens (including phenoxy) is 2. The van der Waals surface area contributed by atoms with Gasteiger partial charge < -0.3 is 9.47 Å². The molecule has 0 bridgehead atoms. The lowest BCUT2D eigenvalue weighted by Crippen LogP contribution is -2.25. The highest BCUT2D eigenvalue weighted by atomic mass is 19.4. The SMILES string of the molecule is Fc1cc(OC(F)(F)c2c(F)cc(-c3ccc4c(c3)CCC4)cc2F)cc(F)c1OC(F)(F)F. The Bertz CT molecular complexity index is 1210. The molecule has 1 aliphatic carbocycles. The lowest BCUT2D eigenvalue weighted by molar-refractivity contribution is -0.276. The largest absolute Gasteiger partial charge is 0.573 e. The average Bonchev–Trinajstić information content (AvgIpc) is 3.17. The summed E-state index contributed by atoms with van der Waals surface area (Å²) >= 11 is 0. The van der Waals surface area contributed by atoms with Crippen molar-refractivity contribution >= 4 is 0 Å². The molecule has 0 atom stereocenters. The van der Waals surface area contributed by atoms with Crippen molar-refractivity contribution < 1.29 is 49.0 Å². The van der Waals surface area contributed by atoms with Crippen LogP contribution in [0.5, 0.6) is 11.5 Å². The second-order valence-corrected chi connectivity index (χ2v) is 7.53. The molecule has 3 aromatic carbocycles. The molecule has 0 aromatic heterocycles. The first-order valence-electron chi connectivity index (χ1n) is 9.77. The zero-order chi connectivity index (χ0) is 24.8. The number of hydrogen-bond acceptors (Lipinski definition) is 2. The monoisotopic (exact) mass is 492 g/mol. The van der Waals surface area contributed by atoms with Crippen molar-refractivity contribution in [2.24, 2.45) is 0 Å². The molecule has 34 heavy (non-hydrogen) atoms. The van der Waals surface area contributed by atoms with Gasteiger partial charge in [-0.15, -0.1) is 13.2 Å². The van der Waals surface area contributed by atoms with E-state index >= 15 is 0 Å². The van der Waals surface area contributed by atoms with Gasteiger partial charge in [-0.3, -0.25) is 0 Å². The number of hydrogen-bond donors (Lipinski definition) is 0. The Kier molecular flexibility index (Phi) is 5.91. The topological polar surface area (TPSA) is 18.5 Å². The Morgan fingerprint density at radius 2 is 1.21 bits per heavy atom. The van der Waals surface area contributed by atoms with Crippen LogP contribution in [0.4, 0.5) is 39.5 Å². The maximum absolute atomic E-state index is 14.6. The van der Waals surface area contributed by atoms with Crippen LogP contribution in [0.1, 0.15) is 23.1 Å². The van der Waals surface area contributed by atoms with Crippen LogP contribution in [-0.4, -0.2) is 6.36 Å². The summed E-state index contributed by atoms with van der Waals surface area (Å²) in [6.07, 6.45) is -7.66.